The first-order chi connectivity index (χ1) is 7.70. The molecule has 0 aliphatic rings. The molecule has 1 heterocycles. The summed E-state index contributed by atoms with van der Waals surface area (Å²) in [6, 6.07) is 3.23. The minimum atomic E-state index is -1.06. The van der Waals surface area contributed by atoms with Crippen molar-refractivity contribution in [3.05, 3.63) is 30.1 Å². The van der Waals surface area contributed by atoms with Gasteiger partial charge < -0.3 is 15.7 Å². The monoisotopic (exact) mass is 223 g/mol. The number of carbonyl (C=O) groups excluding carboxylic acids is 1. The smallest absolute Gasteiger partial charge is 0.404 e. The van der Waals surface area contributed by atoms with Crippen molar-refractivity contribution in [1.29, 1.82) is 0 Å². The van der Waals surface area contributed by atoms with E-state index in [1.165, 1.54) is 0 Å². The van der Waals surface area contributed by atoms with Crippen molar-refractivity contribution in [1.82, 2.24) is 15.6 Å². The molecule has 0 aliphatic heterocycles. The predicted octanol–water partition coefficient (Wildman–Crippen LogP) is 0.469. The molecule has 0 fully saturated rings. The maximum absolute atomic E-state index is 11.5. The number of hydrogen-bond donors (Lipinski definition) is 3. The first kappa shape index (κ1) is 12.0. The van der Waals surface area contributed by atoms with E-state index in [4.69, 9.17) is 5.11 Å². The molecule has 2 amide bonds. The van der Waals surface area contributed by atoms with Crippen molar-refractivity contribution < 1.29 is 14.7 Å². The van der Waals surface area contributed by atoms with Crippen molar-refractivity contribution in [2.24, 2.45) is 0 Å². The van der Waals surface area contributed by atoms with E-state index in [9.17, 15) is 9.59 Å². The molecule has 6 nitrogen and oxygen atoms in total. The molecule has 0 aliphatic carbocycles. The third-order valence-electron chi connectivity index (χ3n) is 1.86. The summed E-state index contributed by atoms with van der Waals surface area (Å²) in [5.41, 5.74) is 0.543. The summed E-state index contributed by atoms with van der Waals surface area (Å²) in [7, 11) is 0. The van der Waals surface area contributed by atoms with Gasteiger partial charge in [-0.2, -0.15) is 0 Å². The highest BCUT2D eigenvalue weighted by Gasteiger charge is 2.02. The molecule has 0 aromatic carbocycles. The Balaban J connectivity index is 2.19. The van der Waals surface area contributed by atoms with Crippen LogP contribution in [0.2, 0.25) is 0 Å². The van der Waals surface area contributed by atoms with Crippen LogP contribution < -0.4 is 10.6 Å². The molecule has 86 valence electrons. The van der Waals surface area contributed by atoms with E-state index in [-0.39, 0.29) is 5.91 Å². The Labute approximate surface area is 92.7 Å². The zero-order chi connectivity index (χ0) is 11.8. The lowest BCUT2D eigenvalue weighted by Crippen LogP contribution is -2.29. The Morgan fingerprint density at radius 2 is 1.81 bits per heavy atom. The second-order valence-electron chi connectivity index (χ2n) is 3.08. The number of nitrogens with one attached hydrogen (secondary N) is 2. The molecule has 1 aromatic heterocycles. The Hall–Kier alpha value is -2.11. The van der Waals surface area contributed by atoms with Gasteiger partial charge in [-0.05, 0) is 18.6 Å². The first-order valence-electron chi connectivity index (χ1n) is 4.85. The fourth-order valence-corrected chi connectivity index (χ4v) is 1.09. The molecule has 0 saturated carbocycles. The summed E-state index contributed by atoms with van der Waals surface area (Å²) < 4.78 is 0. The van der Waals surface area contributed by atoms with Gasteiger partial charge in [-0.3, -0.25) is 9.78 Å². The SMILES string of the molecule is O=C(O)NCCCNC(=O)c1ccncc1. The molecule has 6 heteroatoms. The second kappa shape index (κ2) is 6.39. The zero-order valence-electron chi connectivity index (χ0n) is 8.64. The maximum atomic E-state index is 11.5. The minimum absolute atomic E-state index is 0.183. The average molecular weight is 223 g/mol. The van der Waals surface area contributed by atoms with E-state index in [0.717, 1.165) is 0 Å². The van der Waals surface area contributed by atoms with E-state index in [2.05, 4.69) is 15.6 Å². The van der Waals surface area contributed by atoms with Crippen LogP contribution in [-0.4, -0.2) is 35.2 Å². The Morgan fingerprint density at radius 3 is 2.44 bits per heavy atom. The topological polar surface area (TPSA) is 91.3 Å². The lowest BCUT2D eigenvalue weighted by molar-refractivity contribution is 0.0953. The minimum Gasteiger partial charge on any atom is -0.465 e. The van der Waals surface area contributed by atoms with E-state index in [1.807, 2.05) is 0 Å². The molecule has 1 aromatic rings. The summed E-state index contributed by atoms with van der Waals surface area (Å²) in [4.78, 5) is 25.4. The quantitative estimate of drug-likeness (QED) is 0.633. The van der Waals surface area contributed by atoms with Crippen LogP contribution in [-0.2, 0) is 0 Å². The molecule has 0 spiro atoms. The summed E-state index contributed by atoms with van der Waals surface area (Å²) in [5.74, 6) is -0.183. The Bertz CT molecular complexity index is 354. The summed E-state index contributed by atoms with van der Waals surface area (Å²) in [6.45, 7) is 0.757. The van der Waals surface area contributed by atoms with Crippen LogP contribution in [0.1, 0.15) is 16.8 Å². The van der Waals surface area contributed by atoms with E-state index in [0.29, 0.717) is 25.1 Å². The Kier molecular flexibility index (Phi) is 4.78. The normalized spacial score (nSPS) is 9.50. The van der Waals surface area contributed by atoms with Gasteiger partial charge in [0.15, 0.2) is 0 Å². The van der Waals surface area contributed by atoms with Gasteiger partial charge in [0, 0.05) is 31.0 Å². The van der Waals surface area contributed by atoms with Crippen molar-refractivity contribution in [3.63, 3.8) is 0 Å². The van der Waals surface area contributed by atoms with Gasteiger partial charge in [0.1, 0.15) is 0 Å². The average Bonchev–Trinajstić information content (AvgIpc) is 2.29. The fraction of sp³-hybridized carbons (Fsp3) is 0.300. The molecule has 0 saturated heterocycles. The summed E-state index contributed by atoms with van der Waals surface area (Å²) in [6.07, 6.45) is 2.59. The number of nitrogens with zero attached hydrogens (tertiary/aromatic N) is 1. The highest BCUT2D eigenvalue weighted by atomic mass is 16.4. The number of amides is 2. The van der Waals surface area contributed by atoms with Gasteiger partial charge in [0.25, 0.3) is 5.91 Å². The number of hydrogen-bond acceptors (Lipinski definition) is 3. The largest absolute Gasteiger partial charge is 0.465 e. The number of carboxylic acid groups (broad SMARTS) is 1. The van der Waals surface area contributed by atoms with E-state index in [1.54, 1.807) is 24.5 Å². The van der Waals surface area contributed by atoms with Crippen molar-refractivity contribution in [2.45, 2.75) is 6.42 Å². The highest BCUT2D eigenvalue weighted by Crippen LogP contribution is 1.95. The van der Waals surface area contributed by atoms with Crippen LogP contribution in [0.4, 0.5) is 4.79 Å². The molecular weight excluding hydrogens is 210 g/mol. The Morgan fingerprint density at radius 1 is 1.19 bits per heavy atom. The van der Waals surface area contributed by atoms with Crippen LogP contribution in [0.5, 0.6) is 0 Å². The molecule has 0 radical (unpaired) electrons. The van der Waals surface area contributed by atoms with Gasteiger partial charge in [-0.25, -0.2) is 4.79 Å². The van der Waals surface area contributed by atoms with Crippen LogP contribution in [0.3, 0.4) is 0 Å². The summed E-state index contributed by atoms with van der Waals surface area (Å²) >= 11 is 0. The first-order valence-corrected chi connectivity index (χ1v) is 4.85. The van der Waals surface area contributed by atoms with Gasteiger partial charge in [-0.15, -0.1) is 0 Å². The third kappa shape index (κ3) is 4.41. The molecule has 16 heavy (non-hydrogen) atoms. The van der Waals surface area contributed by atoms with Gasteiger partial charge in [0.2, 0.25) is 0 Å². The van der Waals surface area contributed by atoms with Crippen LogP contribution in [0.25, 0.3) is 0 Å². The van der Waals surface area contributed by atoms with E-state index < -0.39 is 6.09 Å². The molecule has 0 atom stereocenters. The standard InChI is InChI=1S/C10H13N3O3/c14-9(8-2-6-11-7-3-8)12-4-1-5-13-10(15)16/h2-3,6-7,13H,1,4-5H2,(H,12,14)(H,15,16). The highest BCUT2D eigenvalue weighted by molar-refractivity contribution is 5.93. The van der Waals surface area contributed by atoms with Crippen LogP contribution >= 0.6 is 0 Å². The molecule has 0 unspecified atom stereocenters. The van der Waals surface area contributed by atoms with Crippen molar-refractivity contribution >= 4 is 12.0 Å². The molecule has 1 rings (SSSR count). The number of rotatable bonds is 5. The lowest BCUT2D eigenvalue weighted by Gasteiger charge is -2.04. The number of pyridine rings is 1. The van der Waals surface area contributed by atoms with E-state index >= 15 is 0 Å². The lowest BCUT2D eigenvalue weighted by atomic mass is 10.2. The zero-order valence-corrected chi connectivity index (χ0v) is 8.64. The molecule has 3 N–H and O–H groups in total. The summed E-state index contributed by atoms with van der Waals surface area (Å²) in [5, 5.41) is 13.2. The van der Waals surface area contributed by atoms with Crippen molar-refractivity contribution in [2.75, 3.05) is 13.1 Å². The number of aromatic nitrogens is 1. The molecule has 0 bridgehead atoms. The second-order valence-corrected chi connectivity index (χ2v) is 3.08. The predicted molar refractivity (Wildman–Crippen MR) is 57.2 cm³/mol. The van der Waals surface area contributed by atoms with Gasteiger partial charge >= 0.3 is 6.09 Å². The van der Waals surface area contributed by atoms with Crippen LogP contribution in [0, 0.1) is 0 Å². The van der Waals surface area contributed by atoms with Crippen LogP contribution in [0.15, 0.2) is 24.5 Å². The molecular formula is C10H13N3O3. The van der Waals surface area contributed by atoms with Gasteiger partial charge in [0.05, 0.1) is 0 Å². The fourth-order valence-electron chi connectivity index (χ4n) is 1.09. The maximum Gasteiger partial charge on any atom is 0.404 e. The third-order valence-corrected chi connectivity index (χ3v) is 1.86. The van der Waals surface area contributed by atoms with Crippen molar-refractivity contribution in [3.8, 4) is 0 Å². The van der Waals surface area contributed by atoms with Gasteiger partial charge in [-0.1, -0.05) is 0 Å². The number of carbonyl (C=O) groups is 2.